The second-order valence-electron chi connectivity index (χ2n) is 1.13. The second-order valence-corrected chi connectivity index (χ2v) is 1.13. The van der Waals surface area contributed by atoms with Gasteiger partial charge in [0.15, 0.2) is 0 Å². The zero-order valence-electron chi connectivity index (χ0n) is 6.33. The highest BCUT2D eigenvalue weighted by Crippen LogP contribution is 1.70. The lowest BCUT2D eigenvalue weighted by molar-refractivity contribution is -0.167. The summed E-state index contributed by atoms with van der Waals surface area (Å²) >= 11 is 0. The van der Waals surface area contributed by atoms with E-state index in [2.05, 4.69) is 4.94 Å². The second kappa shape index (κ2) is 22.4. The SMILES string of the molecule is CCCF.FCOF.O=C(F)F. The fourth-order valence-electron chi connectivity index (χ4n) is 0. The van der Waals surface area contributed by atoms with Gasteiger partial charge in [-0.3, -0.25) is 4.39 Å². The molecule has 0 heterocycles. The summed E-state index contributed by atoms with van der Waals surface area (Å²) in [6.07, 6.45) is -2.18. The van der Waals surface area contributed by atoms with Crippen LogP contribution in [-0.2, 0) is 4.94 Å². The van der Waals surface area contributed by atoms with Gasteiger partial charge in [0.2, 0.25) is 6.86 Å². The van der Waals surface area contributed by atoms with Crippen LogP contribution < -0.4 is 0 Å². The summed E-state index contributed by atoms with van der Waals surface area (Å²) in [6.45, 7) is 0.278. The summed E-state index contributed by atoms with van der Waals surface area (Å²) < 4.78 is 50.1. The van der Waals surface area contributed by atoms with Crippen molar-refractivity contribution in [2.24, 2.45) is 0 Å². The Morgan fingerprint density at radius 1 is 1.33 bits per heavy atom. The van der Waals surface area contributed by atoms with Gasteiger partial charge in [-0.15, -0.1) is 8.78 Å². The van der Waals surface area contributed by atoms with Gasteiger partial charge in [0.05, 0.1) is 6.67 Å². The summed E-state index contributed by atoms with van der Waals surface area (Å²) in [4.78, 5) is 10.5. The van der Waals surface area contributed by atoms with Gasteiger partial charge in [0, 0.05) is 0 Å². The topological polar surface area (TPSA) is 26.3 Å². The van der Waals surface area contributed by atoms with Gasteiger partial charge in [0.1, 0.15) is 0 Å². The van der Waals surface area contributed by atoms with E-state index >= 15 is 0 Å². The molecule has 0 radical (unpaired) electrons. The molecule has 0 atom stereocenters. The van der Waals surface area contributed by atoms with Crippen molar-refractivity contribution in [3.05, 3.63) is 0 Å². The molecule has 76 valence electrons. The highest BCUT2D eigenvalue weighted by molar-refractivity contribution is 5.55. The summed E-state index contributed by atoms with van der Waals surface area (Å²) in [5.41, 5.74) is 0. The fourth-order valence-corrected chi connectivity index (χ4v) is 0. The van der Waals surface area contributed by atoms with Gasteiger partial charge in [0.25, 0.3) is 0 Å². The maximum atomic E-state index is 10.7. The molecule has 0 aromatic carbocycles. The minimum atomic E-state index is -2.83. The smallest absolute Gasteiger partial charge is 0.251 e. The number of hydrogen-bond donors (Lipinski definition) is 0. The van der Waals surface area contributed by atoms with Gasteiger partial charge in [-0.25, -0.2) is 9.18 Å². The van der Waals surface area contributed by atoms with Crippen molar-refractivity contribution in [2.45, 2.75) is 13.3 Å². The van der Waals surface area contributed by atoms with Crippen molar-refractivity contribution < 1.29 is 31.8 Å². The molecule has 0 bridgehead atoms. The molecule has 0 aromatic rings. The average Bonchev–Trinajstić information content (AvgIpc) is 2.03. The predicted molar refractivity (Wildman–Crippen MR) is 32.0 cm³/mol. The van der Waals surface area contributed by atoms with Crippen molar-refractivity contribution in [1.82, 2.24) is 0 Å². The van der Waals surface area contributed by atoms with E-state index in [1.54, 1.807) is 6.92 Å². The Morgan fingerprint density at radius 2 is 1.50 bits per heavy atom. The molecular weight excluding hydrogens is 187 g/mol. The quantitative estimate of drug-likeness (QED) is 0.500. The lowest BCUT2D eigenvalue weighted by atomic mass is 10.6. The Balaban J connectivity index is -0.000000101. The standard InChI is InChI=1S/C3H7F.CH2F2O.CF2O/c1-2-3-4;2-1-4-3;2-1(3)4/h2-3H2,1H3;1H2;. The third kappa shape index (κ3) is 388. The Kier molecular flexibility index (Phi) is 32.5. The first-order chi connectivity index (χ1) is 5.56. The van der Waals surface area contributed by atoms with Gasteiger partial charge in [-0.1, -0.05) is 6.92 Å². The third-order valence-corrected chi connectivity index (χ3v) is 0.230. The fraction of sp³-hybridized carbons (Fsp3) is 0.800. The summed E-state index contributed by atoms with van der Waals surface area (Å²) in [5.74, 6) is 0. The molecule has 12 heavy (non-hydrogen) atoms. The van der Waals surface area contributed by atoms with E-state index in [0.717, 1.165) is 0 Å². The van der Waals surface area contributed by atoms with Crippen LogP contribution in [0.2, 0.25) is 0 Å². The Labute approximate surface area is 66.2 Å². The van der Waals surface area contributed by atoms with Crippen LogP contribution in [0.5, 0.6) is 0 Å². The monoisotopic (exact) mass is 196 g/mol. The molecule has 0 aliphatic rings. The lowest BCUT2D eigenvalue weighted by Gasteiger charge is -1.64. The van der Waals surface area contributed by atoms with Crippen molar-refractivity contribution in [3.8, 4) is 0 Å². The average molecular weight is 196 g/mol. The van der Waals surface area contributed by atoms with Gasteiger partial charge < -0.3 is 0 Å². The highest BCUT2D eigenvalue weighted by Gasteiger charge is 1.78. The number of hydrogen-bond acceptors (Lipinski definition) is 2. The Morgan fingerprint density at radius 3 is 1.50 bits per heavy atom. The largest absolute Gasteiger partial charge is 0.483 e. The van der Waals surface area contributed by atoms with E-state index in [0.29, 0.717) is 6.42 Å². The molecule has 0 saturated heterocycles. The van der Waals surface area contributed by atoms with Gasteiger partial charge in [-0.05, 0) is 10.9 Å². The van der Waals surface area contributed by atoms with Crippen LogP contribution in [-0.4, -0.2) is 19.8 Å². The van der Waals surface area contributed by atoms with Crippen LogP contribution in [0.15, 0.2) is 0 Å². The maximum Gasteiger partial charge on any atom is 0.483 e. The Bertz CT molecular complexity index is 68.2. The van der Waals surface area contributed by atoms with Crippen molar-refractivity contribution in [3.63, 3.8) is 0 Å². The summed E-state index contributed by atoms with van der Waals surface area (Å²) in [5, 5.41) is 0. The van der Waals surface area contributed by atoms with E-state index < -0.39 is 13.2 Å². The Hall–Kier alpha value is -0.720. The molecule has 0 aromatic heterocycles. The van der Waals surface area contributed by atoms with E-state index in [4.69, 9.17) is 4.79 Å². The zero-order chi connectivity index (χ0) is 10.4. The number of halogens is 5. The van der Waals surface area contributed by atoms with Crippen LogP contribution in [0.3, 0.4) is 0 Å². The molecule has 7 heteroatoms. The van der Waals surface area contributed by atoms with Crippen molar-refractivity contribution in [1.29, 1.82) is 0 Å². The van der Waals surface area contributed by atoms with E-state index in [-0.39, 0.29) is 6.67 Å². The molecule has 0 saturated carbocycles. The number of carbonyl (C=O) groups excluding carboxylic acids is 1. The van der Waals surface area contributed by atoms with Crippen LogP contribution in [0.4, 0.5) is 26.9 Å². The van der Waals surface area contributed by atoms with Gasteiger partial charge in [-0.2, -0.15) is 4.94 Å². The molecule has 2 nitrogen and oxygen atoms in total. The molecule has 0 unspecified atom stereocenters. The van der Waals surface area contributed by atoms with Crippen LogP contribution in [0.25, 0.3) is 0 Å². The van der Waals surface area contributed by atoms with Crippen molar-refractivity contribution in [2.75, 3.05) is 13.5 Å². The molecule has 0 amide bonds. The van der Waals surface area contributed by atoms with Gasteiger partial charge >= 0.3 is 6.29 Å². The van der Waals surface area contributed by atoms with E-state index in [1.165, 1.54) is 0 Å². The maximum absolute atomic E-state index is 10.7. The molecular formula is C5H9F5O2. The summed E-state index contributed by atoms with van der Waals surface area (Å²) in [6, 6.07) is 0. The molecule has 0 aliphatic carbocycles. The summed E-state index contributed by atoms with van der Waals surface area (Å²) in [7, 11) is 0. The normalized spacial score (nSPS) is 7.17. The first-order valence-electron chi connectivity index (χ1n) is 2.77. The van der Waals surface area contributed by atoms with Crippen LogP contribution >= 0.6 is 0 Å². The molecule has 0 N–H and O–H groups in total. The molecule has 0 spiro atoms. The number of alkyl halides is 2. The lowest BCUT2D eigenvalue weighted by Crippen LogP contribution is -1.63. The predicted octanol–water partition coefficient (Wildman–Crippen LogP) is 3.23. The first-order valence-corrected chi connectivity index (χ1v) is 2.77. The van der Waals surface area contributed by atoms with Crippen molar-refractivity contribution >= 4 is 6.29 Å². The molecule has 0 aliphatic heterocycles. The van der Waals surface area contributed by atoms with Crippen LogP contribution in [0, 0.1) is 0 Å². The minimum Gasteiger partial charge on any atom is -0.251 e. The minimum absolute atomic E-state index is 0.181. The van der Waals surface area contributed by atoms with E-state index in [1.807, 2.05) is 0 Å². The molecule has 0 rings (SSSR count). The number of carbonyl (C=O) groups is 1. The van der Waals surface area contributed by atoms with E-state index in [9.17, 15) is 22.1 Å². The first kappa shape index (κ1) is 17.4. The van der Waals surface area contributed by atoms with Crippen LogP contribution in [0.1, 0.15) is 13.3 Å². The number of rotatable bonds is 2. The third-order valence-electron chi connectivity index (χ3n) is 0.230. The zero-order valence-corrected chi connectivity index (χ0v) is 6.33. The molecule has 0 fully saturated rings. The highest BCUT2D eigenvalue weighted by atomic mass is 19.3.